The summed E-state index contributed by atoms with van der Waals surface area (Å²) in [6, 6.07) is 11.3. The first-order valence-corrected chi connectivity index (χ1v) is 15.5. The van der Waals surface area contributed by atoms with Gasteiger partial charge in [0, 0.05) is 35.6 Å². The van der Waals surface area contributed by atoms with E-state index in [-0.39, 0.29) is 11.0 Å². The molecular weight excluding hydrogens is 496 g/mol. The number of benzene rings is 1. The molecule has 3 aliphatic carbocycles. The third-order valence-corrected chi connectivity index (χ3v) is 10.3. The van der Waals surface area contributed by atoms with Gasteiger partial charge in [0.05, 0.1) is 5.41 Å². The van der Waals surface area contributed by atoms with Crippen LogP contribution in [0, 0.1) is 5.41 Å². The van der Waals surface area contributed by atoms with Gasteiger partial charge in [-0.25, -0.2) is 0 Å². The highest BCUT2D eigenvalue weighted by Crippen LogP contribution is 2.70. The summed E-state index contributed by atoms with van der Waals surface area (Å²) in [6.45, 7) is 7.60. The topological polar surface area (TPSA) is 71.7 Å². The lowest BCUT2D eigenvalue weighted by atomic mass is 9.56. The maximum absolute atomic E-state index is 14.1. The molecule has 40 heavy (non-hydrogen) atoms. The van der Waals surface area contributed by atoms with Crippen molar-refractivity contribution in [2.75, 3.05) is 13.1 Å². The van der Waals surface area contributed by atoms with E-state index >= 15 is 0 Å². The van der Waals surface area contributed by atoms with Gasteiger partial charge in [0.15, 0.2) is 0 Å². The van der Waals surface area contributed by atoms with Gasteiger partial charge >= 0.3 is 0 Å². The molecule has 208 valence electrons. The van der Waals surface area contributed by atoms with Crippen LogP contribution in [0.5, 0.6) is 0 Å². The zero-order valence-corrected chi connectivity index (χ0v) is 23.8. The third kappa shape index (κ3) is 3.92. The molecule has 7 nitrogen and oxygen atoms in total. The Hall–Kier alpha value is -3.19. The number of nitrogens with zero attached hydrogens (tertiary/aromatic N) is 5. The number of aromatic amines is 1. The summed E-state index contributed by atoms with van der Waals surface area (Å²) < 4.78 is 4.15. The van der Waals surface area contributed by atoms with Crippen LogP contribution < -0.4 is 5.56 Å². The Bertz CT molecular complexity index is 1630. The van der Waals surface area contributed by atoms with Crippen LogP contribution in [-0.2, 0) is 12.0 Å². The molecule has 7 heteroatoms. The molecule has 4 aromatic rings. The highest BCUT2D eigenvalue weighted by Gasteiger charge is 2.63. The Morgan fingerprint density at radius 1 is 1.07 bits per heavy atom. The number of nitrogens with one attached hydrogen (secondary N) is 1. The molecule has 3 aromatic heterocycles. The van der Waals surface area contributed by atoms with Crippen LogP contribution in [0.3, 0.4) is 0 Å². The number of rotatable bonds is 7. The van der Waals surface area contributed by atoms with Crippen molar-refractivity contribution in [2.24, 2.45) is 5.41 Å². The Labute approximate surface area is 235 Å². The number of hydrogen-bond donors (Lipinski definition) is 1. The summed E-state index contributed by atoms with van der Waals surface area (Å²) >= 11 is 0. The summed E-state index contributed by atoms with van der Waals surface area (Å²) in [5, 5.41) is 10.2. The van der Waals surface area contributed by atoms with Gasteiger partial charge in [-0.3, -0.25) is 14.3 Å². The summed E-state index contributed by atoms with van der Waals surface area (Å²) in [5.74, 6) is 1.62. The summed E-state index contributed by atoms with van der Waals surface area (Å²) in [4.78, 5) is 20.1. The number of pyridine rings is 1. The van der Waals surface area contributed by atoms with E-state index in [0.717, 1.165) is 54.9 Å². The van der Waals surface area contributed by atoms with Crippen LogP contribution in [0.25, 0.3) is 16.6 Å². The molecular formula is C33H40N6O. The van der Waals surface area contributed by atoms with Crippen LogP contribution >= 0.6 is 0 Å². The first-order chi connectivity index (χ1) is 19.4. The Balaban J connectivity index is 1.22. The Morgan fingerprint density at radius 2 is 1.88 bits per heavy atom. The summed E-state index contributed by atoms with van der Waals surface area (Å²) in [5.41, 5.74) is 5.83. The van der Waals surface area contributed by atoms with Gasteiger partial charge in [0.2, 0.25) is 0 Å². The van der Waals surface area contributed by atoms with Crippen molar-refractivity contribution in [3.8, 4) is 5.69 Å². The minimum absolute atomic E-state index is 0.0492. The van der Waals surface area contributed by atoms with Gasteiger partial charge in [-0.05, 0) is 119 Å². The van der Waals surface area contributed by atoms with Gasteiger partial charge < -0.3 is 9.55 Å². The molecule has 1 aromatic carbocycles. The van der Waals surface area contributed by atoms with Gasteiger partial charge in [0.1, 0.15) is 17.7 Å². The van der Waals surface area contributed by atoms with Crippen LogP contribution in [0.4, 0.5) is 0 Å². The van der Waals surface area contributed by atoms with Crippen molar-refractivity contribution in [1.29, 1.82) is 0 Å². The normalized spacial score (nSPS) is 21.8. The second-order valence-corrected chi connectivity index (χ2v) is 13.6. The van der Waals surface area contributed by atoms with Gasteiger partial charge in [-0.2, -0.15) is 0 Å². The van der Waals surface area contributed by atoms with E-state index in [1.165, 1.54) is 61.8 Å². The maximum Gasteiger partial charge on any atom is 0.279 e. The Morgan fingerprint density at radius 3 is 2.60 bits per heavy atom. The number of H-pyrrole nitrogens is 1. The summed E-state index contributed by atoms with van der Waals surface area (Å²) in [7, 11) is 0. The van der Waals surface area contributed by atoms with Crippen LogP contribution in [0.15, 0.2) is 47.7 Å². The first-order valence-electron chi connectivity index (χ1n) is 15.5. The van der Waals surface area contributed by atoms with Crippen molar-refractivity contribution in [3.05, 3.63) is 75.9 Å². The van der Waals surface area contributed by atoms with Gasteiger partial charge in [0.25, 0.3) is 5.56 Å². The van der Waals surface area contributed by atoms with Crippen LogP contribution in [-0.4, -0.2) is 42.3 Å². The number of fused-ring (bicyclic) bond motifs is 1. The fourth-order valence-corrected chi connectivity index (χ4v) is 7.82. The number of hydrogen-bond acceptors (Lipinski definition) is 4. The molecule has 1 N–H and O–H groups in total. The van der Waals surface area contributed by atoms with E-state index < -0.39 is 0 Å². The first kappa shape index (κ1) is 24.6. The molecule has 1 saturated heterocycles. The zero-order chi connectivity index (χ0) is 27.1. The molecule has 0 atom stereocenters. The third-order valence-electron chi connectivity index (χ3n) is 10.3. The second-order valence-electron chi connectivity index (χ2n) is 13.6. The highest BCUT2D eigenvalue weighted by atomic mass is 16.1. The fraction of sp³-hybridized carbons (Fsp3) is 0.545. The lowest BCUT2D eigenvalue weighted by molar-refractivity contribution is 0.142. The van der Waals surface area contributed by atoms with Crippen molar-refractivity contribution in [1.82, 2.24) is 29.2 Å². The maximum atomic E-state index is 14.1. The summed E-state index contributed by atoms with van der Waals surface area (Å²) in [6.07, 6.45) is 15.2. The smallest absolute Gasteiger partial charge is 0.279 e. The molecule has 0 amide bonds. The molecule has 1 spiro atoms. The molecule has 8 rings (SSSR count). The minimum atomic E-state index is -0.144. The van der Waals surface area contributed by atoms with Crippen molar-refractivity contribution < 1.29 is 0 Å². The van der Waals surface area contributed by atoms with Crippen LogP contribution in [0.2, 0.25) is 0 Å². The largest absolute Gasteiger partial charge is 0.353 e. The molecule has 4 aliphatic rings. The van der Waals surface area contributed by atoms with E-state index in [1.807, 2.05) is 10.9 Å². The van der Waals surface area contributed by atoms with E-state index in [4.69, 9.17) is 5.10 Å². The van der Waals surface area contributed by atoms with Crippen molar-refractivity contribution in [3.63, 3.8) is 0 Å². The van der Waals surface area contributed by atoms with E-state index in [9.17, 15) is 4.79 Å². The van der Waals surface area contributed by atoms with Gasteiger partial charge in [-0.1, -0.05) is 18.6 Å². The predicted octanol–water partition coefficient (Wildman–Crippen LogP) is 6.21. The van der Waals surface area contributed by atoms with E-state index in [2.05, 4.69) is 69.9 Å². The van der Waals surface area contributed by atoms with Crippen LogP contribution in [0.1, 0.15) is 106 Å². The molecule has 4 fully saturated rings. The highest BCUT2D eigenvalue weighted by molar-refractivity contribution is 5.84. The average Bonchev–Trinajstić information content (AvgIpc) is 3.85. The van der Waals surface area contributed by atoms with E-state index in [1.54, 1.807) is 0 Å². The quantitative estimate of drug-likeness (QED) is 0.305. The number of piperidine rings is 1. The average molecular weight is 537 g/mol. The second kappa shape index (κ2) is 8.90. The van der Waals surface area contributed by atoms with Crippen molar-refractivity contribution >= 4 is 10.9 Å². The lowest BCUT2D eigenvalue weighted by Gasteiger charge is -2.48. The van der Waals surface area contributed by atoms with Gasteiger partial charge in [-0.15, -0.1) is 10.2 Å². The molecule has 0 radical (unpaired) electrons. The lowest BCUT2D eigenvalue weighted by Crippen LogP contribution is -2.46. The standard InChI is InChI=1S/C33H40N6O/c1-22(2)39-21-34-36-31(39)33(19-32(20-33)11-12-32)24-7-6-8-26(15-24)38-18-28(23-9-10-23)27-16-25(35-29(27)30(38)40)17-37-13-4-3-5-14-37/h6-8,15-16,18,21-23,35H,3-5,9-14,17,19-20H2,1-2H3. The fourth-order valence-electron chi connectivity index (χ4n) is 7.82. The molecule has 0 unspecified atom stereocenters. The molecule has 1 aliphatic heterocycles. The minimum Gasteiger partial charge on any atom is -0.353 e. The Kier molecular flexibility index (Phi) is 5.47. The molecule has 0 bridgehead atoms. The molecule has 3 saturated carbocycles. The molecule has 4 heterocycles. The zero-order valence-electron chi connectivity index (χ0n) is 23.8. The number of likely N-dealkylation sites (tertiary alicyclic amines) is 1. The monoisotopic (exact) mass is 536 g/mol. The van der Waals surface area contributed by atoms with E-state index in [0.29, 0.717) is 17.4 Å². The SMILES string of the molecule is CC(C)n1cnnc1C1(c2cccc(-n3cc(C4CC4)c4cc(CN5CCCCC5)[nH]c4c3=O)c2)CC2(CC2)C1. The number of aromatic nitrogens is 5. The predicted molar refractivity (Wildman–Crippen MR) is 157 cm³/mol. The van der Waals surface area contributed by atoms with Crippen molar-refractivity contribution in [2.45, 2.75) is 95.6 Å².